The Labute approximate surface area is 187 Å². The lowest BCUT2D eigenvalue weighted by molar-refractivity contribution is -0.140. The summed E-state index contributed by atoms with van der Waals surface area (Å²) < 4.78 is 0. The molecule has 2 aromatic heterocycles. The Kier molecular flexibility index (Phi) is 6.47. The van der Waals surface area contributed by atoms with E-state index in [1.54, 1.807) is 30.8 Å². The van der Waals surface area contributed by atoms with E-state index < -0.39 is 5.41 Å². The maximum absolute atomic E-state index is 13.0. The Bertz CT molecular complexity index is 1030. The largest absolute Gasteiger partial charge is 0.359 e. The van der Waals surface area contributed by atoms with Gasteiger partial charge in [-0.05, 0) is 53.5 Å². The van der Waals surface area contributed by atoms with Crippen LogP contribution in [0.25, 0.3) is 10.4 Å². The molecule has 6 heteroatoms. The highest BCUT2D eigenvalue weighted by Gasteiger charge is 2.42. The number of nitrogens with zero attached hydrogens (tertiary/aromatic N) is 2. The van der Waals surface area contributed by atoms with Crippen molar-refractivity contribution in [3.63, 3.8) is 0 Å². The van der Waals surface area contributed by atoms with E-state index >= 15 is 0 Å². The Balaban J connectivity index is 1.51. The van der Waals surface area contributed by atoms with Gasteiger partial charge in [-0.15, -0.1) is 11.3 Å². The Morgan fingerprint density at radius 3 is 2.58 bits per heavy atom. The number of pyridine rings is 1. The van der Waals surface area contributed by atoms with Gasteiger partial charge in [0.2, 0.25) is 11.8 Å². The van der Waals surface area contributed by atoms with Gasteiger partial charge in [0.25, 0.3) is 0 Å². The summed E-state index contributed by atoms with van der Waals surface area (Å²) in [5.74, 6) is 0.158. The third-order valence-corrected chi connectivity index (χ3v) is 7.10. The highest BCUT2D eigenvalue weighted by Crippen LogP contribution is 2.39. The Hall–Kier alpha value is -2.99. The van der Waals surface area contributed by atoms with Gasteiger partial charge in [-0.2, -0.15) is 0 Å². The van der Waals surface area contributed by atoms with Crippen molar-refractivity contribution in [1.29, 1.82) is 0 Å². The van der Waals surface area contributed by atoms with Crippen molar-refractivity contribution in [2.24, 2.45) is 5.41 Å². The average Bonchev–Trinajstić information content (AvgIpc) is 3.35. The lowest BCUT2D eigenvalue weighted by atomic mass is 9.72. The third kappa shape index (κ3) is 4.69. The zero-order chi connectivity index (χ0) is 21.7. The van der Waals surface area contributed by atoms with Crippen molar-refractivity contribution >= 4 is 23.2 Å². The van der Waals surface area contributed by atoms with E-state index in [1.807, 2.05) is 29.2 Å². The van der Waals surface area contributed by atoms with E-state index in [0.717, 1.165) is 5.56 Å². The molecule has 0 saturated carbocycles. The van der Waals surface area contributed by atoms with E-state index in [1.165, 1.54) is 16.0 Å². The zero-order valence-electron chi connectivity index (χ0n) is 17.7. The van der Waals surface area contributed by atoms with E-state index in [2.05, 4.69) is 39.9 Å². The fraction of sp³-hybridized carbons (Fsp3) is 0.320. The van der Waals surface area contributed by atoms with Gasteiger partial charge in [-0.1, -0.05) is 36.4 Å². The molecule has 1 fully saturated rings. The summed E-state index contributed by atoms with van der Waals surface area (Å²) in [6.07, 6.45) is 5.78. The number of carbonyl (C=O) groups is 2. The van der Waals surface area contributed by atoms with Gasteiger partial charge in [0.1, 0.15) is 0 Å². The number of carbonyl (C=O) groups excluding carboxylic acids is 2. The van der Waals surface area contributed by atoms with Crippen molar-refractivity contribution < 1.29 is 9.59 Å². The van der Waals surface area contributed by atoms with Crippen LogP contribution in [0.15, 0.2) is 66.3 Å². The number of nitrogens with one attached hydrogen (secondary N) is 1. The van der Waals surface area contributed by atoms with Crippen LogP contribution in [0.1, 0.15) is 24.0 Å². The molecule has 2 amide bonds. The molecule has 1 aliphatic rings. The summed E-state index contributed by atoms with van der Waals surface area (Å²) in [5, 5.41) is 4.96. The predicted octanol–water partition coefficient (Wildman–Crippen LogP) is 3.95. The lowest BCUT2D eigenvalue weighted by Crippen LogP contribution is -2.51. The number of hydrogen-bond acceptors (Lipinski definition) is 4. The first-order chi connectivity index (χ1) is 15.1. The molecule has 5 nitrogen and oxygen atoms in total. The lowest BCUT2D eigenvalue weighted by Gasteiger charge is -2.41. The van der Waals surface area contributed by atoms with E-state index in [-0.39, 0.29) is 11.8 Å². The maximum atomic E-state index is 13.0. The molecule has 1 aliphatic heterocycles. The van der Waals surface area contributed by atoms with Gasteiger partial charge in [-0.25, -0.2) is 0 Å². The summed E-state index contributed by atoms with van der Waals surface area (Å²) in [7, 11) is 1.70. The molecular formula is C25H27N3O2S. The van der Waals surface area contributed by atoms with Crippen LogP contribution in [0.5, 0.6) is 0 Å². The minimum absolute atomic E-state index is 0.0628. The van der Waals surface area contributed by atoms with Crippen molar-refractivity contribution in [3.05, 3.63) is 77.4 Å². The average molecular weight is 434 g/mol. The summed E-state index contributed by atoms with van der Waals surface area (Å²) in [5.41, 5.74) is 2.78. The SMILES string of the molecule is CNC(=O)C1(Cc2ccccc2-c2cccs2)CCN(C(=O)Cc2cccnc2)CC1. The van der Waals surface area contributed by atoms with Gasteiger partial charge in [0, 0.05) is 37.4 Å². The quantitative estimate of drug-likeness (QED) is 0.640. The second kappa shape index (κ2) is 9.43. The van der Waals surface area contributed by atoms with Crippen molar-refractivity contribution in [2.45, 2.75) is 25.7 Å². The normalized spacial score (nSPS) is 15.5. The molecule has 0 atom stereocenters. The van der Waals surface area contributed by atoms with Crippen molar-refractivity contribution in [2.75, 3.05) is 20.1 Å². The fourth-order valence-corrected chi connectivity index (χ4v) is 5.22. The predicted molar refractivity (Wildman–Crippen MR) is 124 cm³/mol. The molecule has 1 saturated heterocycles. The number of thiophene rings is 1. The highest BCUT2D eigenvalue weighted by molar-refractivity contribution is 7.13. The molecule has 4 rings (SSSR count). The van der Waals surface area contributed by atoms with Crippen LogP contribution in [-0.2, 0) is 22.4 Å². The maximum Gasteiger partial charge on any atom is 0.227 e. The topological polar surface area (TPSA) is 62.3 Å². The van der Waals surface area contributed by atoms with Crippen LogP contribution in [-0.4, -0.2) is 41.8 Å². The molecule has 0 radical (unpaired) electrons. The van der Waals surface area contributed by atoms with Gasteiger partial charge in [-0.3, -0.25) is 14.6 Å². The second-order valence-electron chi connectivity index (χ2n) is 8.09. The molecule has 1 N–H and O–H groups in total. The number of amides is 2. The number of benzene rings is 1. The highest BCUT2D eigenvalue weighted by atomic mass is 32.1. The minimum atomic E-state index is -0.507. The number of piperidine rings is 1. The first kappa shape index (κ1) is 21.2. The molecule has 0 unspecified atom stereocenters. The van der Waals surface area contributed by atoms with Crippen LogP contribution in [0, 0.1) is 5.41 Å². The standard InChI is InChI=1S/C25H27N3O2S/c1-26-24(30)25(17-20-7-2-3-8-21(20)22-9-5-15-31-22)10-13-28(14-11-25)23(29)16-19-6-4-12-27-18-19/h2-9,12,15,18H,10-11,13-14,16-17H2,1H3,(H,26,30). The summed E-state index contributed by atoms with van der Waals surface area (Å²) in [6.45, 7) is 1.18. The number of aromatic nitrogens is 1. The molecular weight excluding hydrogens is 406 g/mol. The molecule has 3 heterocycles. The third-order valence-electron chi connectivity index (χ3n) is 6.19. The number of rotatable bonds is 6. The van der Waals surface area contributed by atoms with E-state index in [9.17, 15) is 9.59 Å². The van der Waals surface area contributed by atoms with Crippen LogP contribution in [0.2, 0.25) is 0 Å². The summed E-state index contributed by atoms with van der Waals surface area (Å²) >= 11 is 1.71. The molecule has 31 heavy (non-hydrogen) atoms. The fourth-order valence-electron chi connectivity index (χ4n) is 4.43. The Morgan fingerprint density at radius 2 is 1.90 bits per heavy atom. The number of likely N-dealkylation sites (tertiary alicyclic amines) is 1. The molecule has 1 aromatic carbocycles. The molecule has 3 aromatic rings. The van der Waals surface area contributed by atoms with Crippen LogP contribution >= 0.6 is 11.3 Å². The van der Waals surface area contributed by atoms with Crippen LogP contribution < -0.4 is 5.32 Å². The Morgan fingerprint density at radius 1 is 1.10 bits per heavy atom. The molecule has 160 valence electrons. The van der Waals surface area contributed by atoms with Crippen molar-refractivity contribution in [1.82, 2.24) is 15.2 Å². The second-order valence-corrected chi connectivity index (χ2v) is 9.04. The van der Waals surface area contributed by atoms with Gasteiger partial charge >= 0.3 is 0 Å². The van der Waals surface area contributed by atoms with Crippen molar-refractivity contribution in [3.8, 4) is 10.4 Å². The van der Waals surface area contributed by atoms with Gasteiger partial charge < -0.3 is 10.2 Å². The first-order valence-electron chi connectivity index (χ1n) is 10.6. The molecule has 0 bridgehead atoms. The van der Waals surface area contributed by atoms with E-state index in [4.69, 9.17) is 0 Å². The number of hydrogen-bond donors (Lipinski definition) is 1. The molecule has 0 spiro atoms. The monoisotopic (exact) mass is 433 g/mol. The van der Waals surface area contributed by atoms with Gasteiger partial charge in [0.05, 0.1) is 11.8 Å². The minimum Gasteiger partial charge on any atom is -0.359 e. The van der Waals surface area contributed by atoms with Crippen LogP contribution in [0.3, 0.4) is 0 Å². The van der Waals surface area contributed by atoms with Gasteiger partial charge in [0.15, 0.2) is 0 Å². The zero-order valence-corrected chi connectivity index (χ0v) is 18.5. The molecule has 0 aliphatic carbocycles. The van der Waals surface area contributed by atoms with Crippen LogP contribution in [0.4, 0.5) is 0 Å². The summed E-state index contributed by atoms with van der Waals surface area (Å²) in [6, 6.07) is 16.3. The first-order valence-corrected chi connectivity index (χ1v) is 11.5. The summed E-state index contributed by atoms with van der Waals surface area (Å²) in [4.78, 5) is 33.0. The smallest absolute Gasteiger partial charge is 0.227 e. The van der Waals surface area contributed by atoms with E-state index in [0.29, 0.717) is 38.8 Å².